The van der Waals surface area contributed by atoms with Crippen LogP contribution in [0.3, 0.4) is 0 Å². The molecule has 1 fully saturated rings. The molecule has 27 heavy (non-hydrogen) atoms. The SMILES string of the molecule is CN=C(NCCc1ccsc1)NCc1ccc(C)cc1OCC1CCOC1. The fraction of sp³-hybridized carbons (Fsp3) is 0.476. The molecule has 1 aliphatic rings. The lowest BCUT2D eigenvalue weighted by Gasteiger charge is -2.17. The van der Waals surface area contributed by atoms with Gasteiger partial charge in [0.05, 0.1) is 13.2 Å². The molecule has 5 nitrogen and oxygen atoms in total. The number of benzene rings is 1. The standard InChI is InChI=1S/C21H29N3O2S/c1-16-3-4-19(20(11-16)26-14-18-6-9-25-13-18)12-24-21(22-2)23-8-5-17-7-10-27-15-17/h3-4,7,10-11,15,18H,5-6,8-9,12-14H2,1-2H3,(H2,22,23,24). The van der Waals surface area contributed by atoms with Gasteiger partial charge in [0.2, 0.25) is 0 Å². The summed E-state index contributed by atoms with van der Waals surface area (Å²) in [4.78, 5) is 4.32. The predicted molar refractivity (Wildman–Crippen MR) is 112 cm³/mol. The molecule has 0 spiro atoms. The number of aliphatic imine (C=N–C) groups is 1. The molecule has 6 heteroatoms. The summed E-state index contributed by atoms with van der Waals surface area (Å²) < 4.78 is 11.6. The minimum atomic E-state index is 0.498. The molecule has 0 amide bonds. The maximum Gasteiger partial charge on any atom is 0.191 e. The summed E-state index contributed by atoms with van der Waals surface area (Å²) in [7, 11) is 1.80. The Balaban J connectivity index is 1.50. The van der Waals surface area contributed by atoms with Gasteiger partial charge >= 0.3 is 0 Å². The van der Waals surface area contributed by atoms with E-state index in [0.29, 0.717) is 19.1 Å². The molecular weight excluding hydrogens is 358 g/mol. The molecule has 1 atom stereocenters. The van der Waals surface area contributed by atoms with Crippen molar-refractivity contribution in [1.29, 1.82) is 0 Å². The molecule has 2 N–H and O–H groups in total. The summed E-state index contributed by atoms with van der Waals surface area (Å²) in [6.45, 7) is 5.99. The van der Waals surface area contributed by atoms with Crippen molar-refractivity contribution in [3.05, 3.63) is 51.7 Å². The van der Waals surface area contributed by atoms with Gasteiger partial charge in [-0.2, -0.15) is 11.3 Å². The molecule has 0 aliphatic carbocycles. The Morgan fingerprint density at radius 2 is 2.26 bits per heavy atom. The van der Waals surface area contributed by atoms with E-state index in [1.54, 1.807) is 18.4 Å². The van der Waals surface area contributed by atoms with Crippen LogP contribution in [0.1, 0.15) is 23.1 Å². The van der Waals surface area contributed by atoms with Gasteiger partial charge in [-0.3, -0.25) is 4.99 Å². The van der Waals surface area contributed by atoms with E-state index < -0.39 is 0 Å². The predicted octanol–water partition coefficient (Wildman–Crippen LogP) is 3.38. The van der Waals surface area contributed by atoms with E-state index in [0.717, 1.165) is 49.9 Å². The molecule has 0 radical (unpaired) electrons. The van der Waals surface area contributed by atoms with Gasteiger partial charge in [0.1, 0.15) is 5.75 Å². The third kappa shape index (κ3) is 6.26. The van der Waals surface area contributed by atoms with Crippen LogP contribution in [-0.4, -0.2) is 39.4 Å². The van der Waals surface area contributed by atoms with Crippen molar-refractivity contribution < 1.29 is 9.47 Å². The van der Waals surface area contributed by atoms with Gasteiger partial charge in [-0.05, 0) is 53.8 Å². The highest BCUT2D eigenvalue weighted by atomic mass is 32.1. The van der Waals surface area contributed by atoms with Crippen LogP contribution in [0.15, 0.2) is 40.0 Å². The molecule has 1 aromatic carbocycles. The van der Waals surface area contributed by atoms with E-state index in [2.05, 4.69) is 57.6 Å². The fourth-order valence-corrected chi connectivity index (χ4v) is 3.73. The van der Waals surface area contributed by atoms with Gasteiger partial charge in [0.15, 0.2) is 5.96 Å². The monoisotopic (exact) mass is 387 g/mol. The van der Waals surface area contributed by atoms with E-state index in [1.807, 2.05) is 0 Å². The van der Waals surface area contributed by atoms with E-state index in [9.17, 15) is 0 Å². The van der Waals surface area contributed by atoms with E-state index >= 15 is 0 Å². The van der Waals surface area contributed by atoms with Crippen LogP contribution in [0.2, 0.25) is 0 Å². The van der Waals surface area contributed by atoms with E-state index in [1.165, 1.54) is 11.1 Å². The van der Waals surface area contributed by atoms with Crippen molar-refractivity contribution in [2.24, 2.45) is 10.9 Å². The Morgan fingerprint density at radius 3 is 3.00 bits per heavy atom. The normalized spacial score (nSPS) is 17.1. The highest BCUT2D eigenvalue weighted by Crippen LogP contribution is 2.22. The average Bonchev–Trinajstić information content (AvgIpc) is 3.37. The van der Waals surface area contributed by atoms with Crippen molar-refractivity contribution in [3.8, 4) is 5.75 Å². The van der Waals surface area contributed by atoms with Crippen LogP contribution >= 0.6 is 11.3 Å². The number of ether oxygens (including phenoxy) is 2. The maximum atomic E-state index is 6.12. The van der Waals surface area contributed by atoms with Crippen LogP contribution in [0.4, 0.5) is 0 Å². The molecule has 2 aromatic rings. The number of guanidine groups is 1. The largest absolute Gasteiger partial charge is 0.493 e. The zero-order chi connectivity index (χ0) is 18.9. The number of nitrogens with one attached hydrogen (secondary N) is 2. The quantitative estimate of drug-likeness (QED) is 0.539. The number of nitrogens with zero attached hydrogens (tertiary/aromatic N) is 1. The number of aryl methyl sites for hydroxylation is 1. The van der Waals surface area contributed by atoms with Crippen molar-refractivity contribution in [2.75, 3.05) is 33.4 Å². The van der Waals surface area contributed by atoms with E-state index in [4.69, 9.17) is 9.47 Å². The topological polar surface area (TPSA) is 54.9 Å². The molecule has 1 saturated heterocycles. The average molecular weight is 388 g/mol. The number of hydrogen-bond donors (Lipinski definition) is 2. The molecule has 1 unspecified atom stereocenters. The van der Waals surface area contributed by atoms with Gasteiger partial charge in [-0.1, -0.05) is 12.1 Å². The first-order valence-electron chi connectivity index (χ1n) is 9.50. The third-order valence-corrected chi connectivity index (χ3v) is 5.41. The van der Waals surface area contributed by atoms with Crippen molar-refractivity contribution in [2.45, 2.75) is 26.3 Å². The van der Waals surface area contributed by atoms with Gasteiger partial charge in [0.25, 0.3) is 0 Å². The molecular formula is C21H29N3O2S. The molecule has 3 rings (SSSR count). The second kappa shape index (κ2) is 10.3. The second-order valence-electron chi connectivity index (χ2n) is 6.89. The first-order valence-corrected chi connectivity index (χ1v) is 10.4. The number of thiophene rings is 1. The molecule has 1 aromatic heterocycles. The smallest absolute Gasteiger partial charge is 0.191 e. The summed E-state index contributed by atoms with van der Waals surface area (Å²) in [6.07, 6.45) is 2.08. The number of rotatable bonds is 8. The van der Waals surface area contributed by atoms with Gasteiger partial charge in [0, 0.05) is 38.2 Å². The molecule has 146 valence electrons. The molecule has 0 saturated carbocycles. The van der Waals surface area contributed by atoms with Crippen LogP contribution < -0.4 is 15.4 Å². The minimum absolute atomic E-state index is 0.498. The fourth-order valence-electron chi connectivity index (χ4n) is 3.02. The second-order valence-corrected chi connectivity index (χ2v) is 7.67. The summed E-state index contributed by atoms with van der Waals surface area (Å²) in [5, 5.41) is 11.1. The van der Waals surface area contributed by atoms with Gasteiger partial charge in [-0.25, -0.2) is 0 Å². The highest BCUT2D eigenvalue weighted by Gasteiger charge is 2.17. The molecule has 1 aliphatic heterocycles. The first-order chi connectivity index (χ1) is 13.2. The Morgan fingerprint density at radius 1 is 1.33 bits per heavy atom. The third-order valence-electron chi connectivity index (χ3n) is 4.68. The number of hydrogen-bond acceptors (Lipinski definition) is 4. The lowest BCUT2D eigenvalue weighted by molar-refractivity contribution is 0.166. The van der Waals surface area contributed by atoms with Crippen LogP contribution in [-0.2, 0) is 17.7 Å². The highest BCUT2D eigenvalue weighted by molar-refractivity contribution is 7.07. The molecule has 2 heterocycles. The summed E-state index contributed by atoms with van der Waals surface area (Å²) in [6, 6.07) is 8.52. The zero-order valence-corrected chi connectivity index (χ0v) is 17.0. The first kappa shape index (κ1) is 19.7. The minimum Gasteiger partial charge on any atom is -0.493 e. The van der Waals surface area contributed by atoms with Crippen LogP contribution in [0.25, 0.3) is 0 Å². The van der Waals surface area contributed by atoms with Crippen LogP contribution in [0.5, 0.6) is 5.75 Å². The Bertz CT molecular complexity index is 725. The van der Waals surface area contributed by atoms with E-state index in [-0.39, 0.29) is 0 Å². The van der Waals surface area contributed by atoms with Crippen molar-refractivity contribution >= 4 is 17.3 Å². The Hall–Kier alpha value is -2.05. The Kier molecular flexibility index (Phi) is 7.54. The van der Waals surface area contributed by atoms with Crippen LogP contribution in [0, 0.1) is 12.8 Å². The lowest BCUT2D eigenvalue weighted by Crippen LogP contribution is -2.37. The summed E-state index contributed by atoms with van der Waals surface area (Å²) in [5.74, 6) is 2.25. The summed E-state index contributed by atoms with van der Waals surface area (Å²) in [5.41, 5.74) is 3.70. The maximum absolute atomic E-state index is 6.12. The van der Waals surface area contributed by atoms with Gasteiger partial charge in [-0.15, -0.1) is 0 Å². The molecule has 0 bridgehead atoms. The van der Waals surface area contributed by atoms with Crippen molar-refractivity contribution in [3.63, 3.8) is 0 Å². The van der Waals surface area contributed by atoms with Gasteiger partial charge < -0.3 is 20.1 Å². The van der Waals surface area contributed by atoms with Crippen molar-refractivity contribution in [1.82, 2.24) is 10.6 Å². The zero-order valence-electron chi connectivity index (χ0n) is 16.2. The summed E-state index contributed by atoms with van der Waals surface area (Å²) >= 11 is 1.73. The Labute approximate surface area is 165 Å². The lowest BCUT2D eigenvalue weighted by atomic mass is 10.1.